The summed E-state index contributed by atoms with van der Waals surface area (Å²) in [5.41, 5.74) is 6.31. The van der Waals surface area contributed by atoms with Crippen LogP contribution in [0.5, 0.6) is 0 Å². The normalized spacial score (nSPS) is 18.5. The van der Waals surface area contributed by atoms with Gasteiger partial charge in [0.25, 0.3) is 0 Å². The van der Waals surface area contributed by atoms with Gasteiger partial charge in [0.2, 0.25) is 0 Å². The molecule has 4 rings (SSSR count). The maximum absolute atomic E-state index is 5.04. The second-order valence-corrected chi connectivity index (χ2v) is 6.28. The van der Waals surface area contributed by atoms with Crippen LogP contribution in [0.15, 0.2) is 53.5 Å². The van der Waals surface area contributed by atoms with Crippen molar-refractivity contribution in [1.29, 1.82) is 0 Å². The summed E-state index contributed by atoms with van der Waals surface area (Å²) in [6.07, 6.45) is 6.39. The van der Waals surface area contributed by atoms with E-state index in [0.717, 1.165) is 11.3 Å². The molecule has 1 nitrogen and oxygen atoms in total. The van der Waals surface area contributed by atoms with Crippen LogP contribution in [0.2, 0.25) is 0 Å². The molecule has 2 heteroatoms. The van der Waals surface area contributed by atoms with Gasteiger partial charge in [0.1, 0.15) is 0 Å². The molecule has 2 aliphatic rings. The zero-order valence-electron chi connectivity index (χ0n) is 12.6. The van der Waals surface area contributed by atoms with E-state index in [1.165, 1.54) is 48.9 Å². The maximum Gasteiger partial charge on any atom is 0.0661 e. The van der Waals surface area contributed by atoms with Crippen molar-refractivity contribution in [3.63, 3.8) is 0 Å². The van der Waals surface area contributed by atoms with Crippen molar-refractivity contribution in [3.8, 4) is 0 Å². The predicted octanol–water partition coefficient (Wildman–Crippen LogP) is 5.20. The second-order valence-electron chi connectivity index (χ2n) is 6.28. The van der Waals surface area contributed by atoms with E-state index in [-0.39, 0.29) is 25.5 Å². The summed E-state index contributed by atoms with van der Waals surface area (Å²) in [4.78, 5) is 5.04. The zero-order valence-corrected chi connectivity index (χ0v) is 15.0. The standard InChI is InChI=1S/C20H20N.Ir/c1-15-9-3-4-10-16(15)19-20(13-7-2-8-14-20)17-11-5-6-12-18(17)21-19;/h3-6,9-12H,1-2,7-8,13-14H2;/q-1;. The maximum atomic E-state index is 5.04. The van der Waals surface area contributed by atoms with Crippen LogP contribution in [0.4, 0.5) is 5.69 Å². The van der Waals surface area contributed by atoms with Crippen molar-refractivity contribution in [2.45, 2.75) is 37.5 Å². The summed E-state index contributed by atoms with van der Waals surface area (Å²) in [7, 11) is 0. The van der Waals surface area contributed by atoms with Crippen LogP contribution >= 0.6 is 0 Å². The van der Waals surface area contributed by atoms with Crippen LogP contribution in [-0.4, -0.2) is 5.71 Å². The van der Waals surface area contributed by atoms with Crippen molar-refractivity contribution in [1.82, 2.24) is 0 Å². The number of fused-ring (bicyclic) bond motifs is 2. The van der Waals surface area contributed by atoms with Gasteiger partial charge >= 0.3 is 0 Å². The van der Waals surface area contributed by atoms with Gasteiger partial charge < -0.3 is 0 Å². The Labute approximate surface area is 146 Å². The Morgan fingerprint density at radius 1 is 0.864 bits per heavy atom. The summed E-state index contributed by atoms with van der Waals surface area (Å²) in [5.74, 6) is 0. The molecule has 1 heterocycles. The Bertz CT molecular complexity index is 711. The van der Waals surface area contributed by atoms with Gasteiger partial charge in [0, 0.05) is 31.2 Å². The van der Waals surface area contributed by atoms with Gasteiger partial charge in [0.15, 0.2) is 0 Å². The molecule has 1 spiro atoms. The van der Waals surface area contributed by atoms with Gasteiger partial charge in [-0.05, 0) is 24.5 Å². The number of rotatable bonds is 1. The fourth-order valence-corrected chi connectivity index (χ4v) is 4.06. The number of hydrogen-bond acceptors (Lipinski definition) is 1. The van der Waals surface area contributed by atoms with Crippen molar-refractivity contribution in [2.24, 2.45) is 4.99 Å². The summed E-state index contributed by atoms with van der Waals surface area (Å²) >= 11 is 0. The third-order valence-corrected chi connectivity index (χ3v) is 5.08. The van der Waals surface area contributed by atoms with E-state index < -0.39 is 0 Å². The molecule has 0 amide bonds. The molecule has 0 aromatic heterocycles. The number of para-hydroxylation sites is 1. The van der Waals surface area contributed by atoms with E-state index in [2.05, 4.69) is 55.5 Å². The molecule has 1 saturated carbocycles. The van der Waals surface area contributed by atoms with Gasteiger partial charge in [-0.2, -0.15) is 18.6 Å². The molecule has 1 radical (unpaired) electrons. The van der Waals surface area contributed by atoms with Crippen molar-refractivity contribution >= 4 is 11.4 Å². The van der Waals surface area contributed by atoms with E-state index in [9.17, 15) is 0 Å². The Morgan fingerprint density at radius 2 is 1.55 bits per heavy atom. The number of aliphatic imine (C=N–C) groups is 1. The molecule has 2 aromatic carbocycles. The minimum atomic E-state index is 0. The van der Waals surface area contributed by atoms with E-state index in [1.54, 1.807) is 0 Å². The van der Waals surface area contributed by atoms with Crippen LogP contribution in [0.1, 0.15) is 48.8 Å². The minimum absolute atomic E-state index is 0. The van der Waals surface area contributed by atoms with E-state index in [0.29, 0.717) is 0 Å². The summed E-state index contributed by atoms with van der Waals surface area (Å²) in [5, 5.41) is 0. The molecule has 1 fully saturated rings. The Hall–Kier alpha value is -1.37. The number of hydrogen-bond donors (Lipinski definition) is 0. The summed E-state index contributed by atoms with van der Waals surface area (Å²) < 4.78 is 0. The average Bonchev–Trinajstić information content (AvgIpc) is 2.83. The van der Waals surface area contributed by atoms with Gasteiger partial charge in [-0.3, -0.25) is 4.99 Å². The number of benzene rings is 2. The van der Waals surface area contributed by atoms with Crippen LogP contribution in [0.25, 0.3) is 0 Å². The van der Waals surface area contributed by atoms with E-state index in [1.807, 2.05) is 0 Å². The monoisotopic (exact) mass is 467 g/mol. The molecule has 115 valence electrons. The largest absolute Gasteiger partial charge is 0.265 e. The third kappa shape index (κ3) is 2.26. The quantitative estimate of drug-likeness (QED) is 0.512. The van der Waals surface area contributed by atoms with Crippen LogP contribution < -0.4 is 0 Å². The van der Waals surface area contributed by atoms with Crippen molar-refractivity contribution in [3.05, 3.63) is 72.1 Å². The Balaban J connectivity index is 0.00000144. The molecule has 0 bridgehead atoms. The van der Waals surface area contributed by atoms with E-state index in [4.69, 9.17) is 4.99 Å². The molecule has 22 heavy (non-hydrogen) atoms. The fraction of sp³-hybridized carbons (Fsp3) is 0.300. The SMILES string of the molecule is [CH2-]c1ccccc1C1=Nc2ccccc2C12CCCCC2.[Ir]. The smallest absolute Gasteiger partial charge is 0.0661 e. The molecule has 1 aliphatic heterocycles. The first kappa shape index (κ1) is 15.5. The molecule has 0 N–H and O–H groups in total. The van der Waals surface area contributed by atoms with Gasteiger partial charge in [-0.15, -0.1) is 17.7 Å². The Kier molecular flexibility index (Phi) is 4.25. The third-order valence-electron chi connectivity index (χ3n) is 5.08. The van der Waals surface area contributed by atoms with Gasteiger partial charge in [-0.25, -0.2) is 0 Å². The molecular weight excluding hydrogens is 446 g/mol. The first-order valence-electron chi connectivity index (χ1n) is 7.91. The van der Waals surface area contributed by atoms with Gasteiger partial charge in [-0.1, -0.05) is 43.5 Å². The van der Waals surface area contributed by atoms with Gasteiger partial charge in [0.05, 0.1) is 5.69 Å². The average molecular weight is 467 g/mol. The van der Waals surface area contributed by atoms with Crippen LogP contribution in [0, 0.1) is 6.92 Å². The fourth-order valence-electron chi connectivity index (χ4n) is 4.06. The van der Waals surface area contributed by atoms with Crippen LogP contribution in [-0.2, 0) is 25.5 Å². The molecule has 1 aliphatic carbocycles. The Morgan fingerprint density at radius 3 is 2.32 bits per heavy atom. The molecule has 0 unspecified atom stereocenters. The first-order chi connectivity index (χ1) is 10.3. The summed E-state index contributed by atoms with van der Waals surface area (Å²) in [6.45, 7) is 4.23. The number of nitrogens with zero attached hydrogens (tertiary/aromatic N) is 1. The van der Waals surface area contributed by atoms with Crippen molar-refractivity contribution in [2.75, 3.05) is 0 Å². The molecule has 2 aromatic rings. The molecule has 0 atom stereocenters. The zero-order chi connectivity index (χ0) is 14.3. The predicted molar refractivity (Wildman–Crippen MR) is 88.3 cm³/mol. The first-order valence-corrected chi connectivity index (χ1v) is 7.91. The summed E-state index contributed by atoms with van der Waals surface area (Å²) in [6, 6.07) is 17.1. The topological polar surface area (TPSA) is 12.4 Å². The molecular formula is C20H20IrN-. The minimum Gasteiger partial charge on any atom is -0.265 e. The molecule has 0 saturated heterocycles. The van der Waals surface area contributed by atoms with Crippen LogP contribution in [0.3, 0.4) is 0 Å². The van der Waals surface area contributed by atoms with Crippen molar-refractivity contribution < 1.29 is 20.1 Å². The van der Waals surface area contributed by atoms with E-state index >= 15 is 0 Å². The second kappa shape index (κ2) is 6.02.